The second kappa shape index (κ2) is 7.95. The second-order valence-corrected chi connectivity index (χ2v) is 8.76. The Hall–Kier alpha value is -3.26. The van der Waals surface area contributed by atoms with Gasteiger partial charge >= 0.3 is 0 Å². The Morgan fingerprint density at radius 1 is 1.36 bits per heavy atom. The number of imidazole rings is 1. The summed E-state index contributed by atoms with van der Waals surface area (Å²) in [5.74, 6) is 0.244. The summed E-state index contributed by atoms with van der Waals surface area (Å²) in [6.07, 6.45) is 4.32. The molecule has 0 saturated heterocycles. The minimum Gasteiger partial charge on any atom is -0.383 e. The van der Waals surface area contributed by atoms with Crippen molar-refractivity contribution in [2.45, 2.75) is 44.2 Å². The van der Waals surface area contributed by atoms with E-state index < -0.39 is 17.2 Å². The van der Waals surface area contributed by atoms with E-state index in [1.165, 1.54) is 10.9 Å². The summed E-state index contributed by atoms with van der Waals surface area (Å²) in [5, 5.41) is 24.8. The van der Waals surface area contributed by atoms with Crippen LogP contribution in [-0.4, -0.2) is 42.9 Å². The van der Waals surface area contributed by atoms with Crippen LogP contribution in [-0.2, 0) is 10.3 Å². The van der Waals surface area contributed by atoms with Gasteiger partial charge in [0.25, 0.3) is 11.4 Å². The molecule has 3 heterocycles. The first kappa shape index (κ1) is 21.6. The van der Waals surface area contributed by atoms with Crippen LogP contribution in [0, 0.1) is 11.3 Å². The lowest BCUT2D eigenvalue weighted by atomic mass is 10.0. The number of hydrogen-bond acceptors (Lipinski definition) is 8. The normalized spacial score (nSPS) is 16.5. The molecule has 0 aliphatic heterocycles. The van der Waals surface area contributed by atoms with Crippen molar-refractivity contribution in [1.29, 1.82) is 5.26 Å². The van der Waals surface area contributed by atoms with Gasteiger partial charge in [0, 0.05) is 7.11 Å². The predicted molar refractivity (Wildman–Crippen MR) is 119 cm³/mol. The number of aliphatic hydroxyl groups is 1. The number of ether oxygens (including phenoxy) is 1. The van der Waals surface area contributed by atoms with Crippen LogP contribution in [0.3, 0.4) is 0 Å². The lowest BCUT2D eigenvalue weighted by Crippen LogP contribution is -2.28. The van der Waals surface area contributed by atoms with Gasteiger partial charge in [0.15, 0.2) is 0 Å². The quantitative estimate of drug-likeness (QED) is 0.472. The maximum atomic E-state index is 13.8. The van der Waals surface area contributed by atoms with Gasteiger partial charge in [-0.3, -0.25) is 13.8 Å². The van der Waals surface area contributed by atoms with Crippen molar-refractivity contribution in [3.05, 3.63) is 45.3 Å². The lowest BCUT2D eigenvalue weighted by molar-refractivity contribution is 0.0112. The van der Waals surface area contributed by atoms with E-state index in [1.807, 2.05) is 6.92 Å². The number of methoxy groups -OCH3 is 1. The van der Waals surface area contributed by atoms with Gasteiger partial charge in [0.05, 0.1) is 34.3 Å². The SMILES string of the molecule is COCC(C)n1c(=O)c2c(-c3noc(C4(O)CCCC4)n3)ncn2c2ccc(Cl)c(C#N)c21. The van der Waals surface area contributed by atoms with Gasteiger partial charge < -0.3 is 14.4 Å². The van der Waals surface area contributed by atoms with Gasteiger partial charge in [0.2, 0.25) is 5.82 Å². The molecule has 1 saturated carbocycles. The summed E-state index contributed by atoms with van der Waals surface area (Å²) in [5.41, 5.74) is 0.0585. The largest absolute Gasteiger partial charge is 0.383 e. The molecular formula is C22H21ClN6O4. The average molecular weight is 469 g/mol. The molecule has 0 amide bonds. The Bertz CT molecular complexity index is 1470. The zero-order valence-corrected chi connectivity index (χ0v) is 18.8. The van der Waals surface area contributed by atoms with E-state index >= 15 is 0 Å². The van der Waals surface area contributed by atoms with E-state index in [4.69, 9.17) is 20.9 Å². The van der Waals surface area contributed by atoms with Crippen molar-refractivity contribution >= 4 is 28.2 Å². The molecule has 170 valence electrons. The van der Waals surface area contributed by atoms with Crippen molar-refractivity contribution in [2.24, 2.45) is 0 Å². The molecule has 1 aromatic carbocycles. The lowest BCUT2D eigenvalue weighted by Gasteiger charge is -2.19. The van der Waals surface area contributed by atoms with Crippen molar-refractivity contribution in [1.82, 2.24) is 24.1 Å². The Morgan fingerprint density at radius 3 is 2.82 bits per heavy atom. The third kappa shape index (κ3) is 3.23. The van der Waals surface area contributed by atoms with E-state index in [9.17, 15) is 15.2 Å². The summed E-state index contributed by atoms with van der Waals surface area (Å²) < 4.78 is 13.7. The summed E-state index contributed by atoms with van der Waals surface area (Å²) in [6.45, 7) is 2.06. The van der Waals surface area contributed by atoms with Crippen molar-refractivity contribution in [3.8, 4) is 17.6 Å². The fraction of sp³-hybridized carbons (Fsp3) is 0.409. The fourth-order valence-corrected chi connectivity index (χ4v) is 4.83. The highest BCUT2D eigenvalue weighted by Crippen LogP contribution is 2.38. The van der Waals surface area contributed by atoms with Crippen LogP contribution in [0.2, 0.25) is 5.02 Å². The first-order valence-corrected chi connectivity index (χ1v) is 11.0. The molecular weight excluding hydrogens is 448 g/mol. The summed E-state index contributed by atoms with van der Waals surface area (Å²) >= 11 is 6.29. The molecule has 1 N–H and O–H groups in total. The maximum Gasteiger partial charge on any atom is 0.278 e. The molecule has 1 aliphatic carbocycles. The third-order valence-electron chi connectivity index (χ3n) is 6.22. The summed E-state index contributed by atoms with van der Waals surface area (Å²) in [6, 6.07) is 5.05. The van der Waals surface area contributed by atoms with E-state index in [0.717, 1.165) is 12.8 Å². The average Bonchev–Trinajstić information content (AvgIpc) is 3.53. The minimum atomic E-state index is -1.15. The van der Waals surface area contributed by atoms with Crippen molar-refractivity contribution in [3.63, 3.8) is 0 Å². The first-order valence-electron chi connectivity index (χ1n) is 10.6. The van der Waals surface area contributed by atoms with Crippen molar-refractivity contribution < 1.29 is 14.4 Å². The van der Waals surface area contributed by atoms with E-state index in [1.54, 1.807) is 23.6 Å². The number of hydrogen-bond donors (Lipinski definition) is 1. The molecule has 0 spiro atoms. The molecule has 5 rings (SSSR count). The number of halogens is 1. The Kier molecular flexibility index (Phi) is 5.20. The van der Waals surface area contributed by atoms with Gasteiger partial charge in [-0.05, 0) is 44.7 Å². The van der Waals surface area contributed by atoms with Crippen LogP contribution >= 0.6 is 11.6 Å². The molecule has 11 heteroatoms. The number of benzene rings is 1. The number of nitrogens with zero attached hydrogens (tertiary/aromatic N) is 6. The van der Waals surface area contributed by atoms with Crippen molar-refractivity contribution in [2.75, 3.05) is 13.7 Å². The molecule has 1 unspecified atom stereocenters. The number of rotatable bonds is 5. The zero-order valence-electron chi connectivity index (χ0n) is 18.1. The molecule has 0 bridgehead atoms. The van der Waals surface area contributed by atoms with Crippen LogP contribution in [0.15, 0.2) is 27.8 Å². The Balaban J connectivity index is 1.81. The highest BCUT2D eigenvalue weighted by atomic mass is 35.5. The maximum absolute atomic E-state index is 13.8. The van der Waals surface area contributed by atoms with Crippen LogP contribution in [0.25, 0.3) is 28.1 Å². The molecule has 1 atom stereocenters. The third-order valence-corrected chi connectivity index (χ3v) is 6.54. The number of aromatic nitrogens is 5. The van der Waals surface area contributed by atoms with Gasteiger partial charge in [-0.1, -0.05) is 16.8 Å². The van der Waals surface area contributed by atoms with Crippen LogP contribution in [0.4, 0.5) is 0 Å². The molecule has 1 fully saturated rings. The van der Waals surface area contributed by atoms with E-state index in [0.29, 0.717) is 23.9 Å². The van der Waals surface area contributed by atoms with Gasteiger partial charge in [0.1, 0.15) is 29.2 Å². The number of fused-ring (bicyclic) bond motifs is 3. The minimum absolute atomic E-state index is 0.115. The van der Waals surface area contributed by atoms with Gasteiger partial charge in [-0.25, -0.2) is 4.98 Å². The smallest absolute Gasteiger partial charge is 0.278 e. The Morgan fingerprint density at radius 2 is 2.12 bits per heavy atom. The first-order chi connectivity index (χ1) is 15.9. The molecule has 3 aromatic heterocycles. The summed E-state index contributed by atoms with van der Waals surface area (Å²) in [4.78, 5) is 22.6. The highest BCUT2D eigenvalue weighted by Gasteiger charge is 2.39. The Labute approximate surface area is 193 Å². The van der Waals surface area contributed by atoms with Gasteiger partial charge in [-0.15, -0.1) is 0 Å². The summed E-state index contributed by atoms with van der Waals surface area (Å²) in [7, 11) is 1.54. The highest BCUT2D eigenvalue weighted by molar-refractivity contribution is 6.32. The zero-order chi connectivity index (χ0) is 23.3. The standard InChI is InChI=1S/C22H21ClN6O4/c1-12(10-32-2)29-17-13(9-24)14(23)5-6-15(17)28-11-25-16(18(28)20(29)30)19-26-21(33-27-19)22(31)7-3-4-8-22/h5-6,11-12,31H,3-4,7-8,10H2,1-2H3. The number of nitriles is 1. The molecule has 4 aromatic rings. The van der Waals surface area contributed by atoms with Crippen LogP contribution < -0.4 is 5.56 Å². The monoisotopic (exact) mass is 468 g/mol. The van der Waals surface area contributed by atoms with E-state index in [2.05, 4.69) is 21.2 Å². The molecule has 33 heavy (non-hydrogen) atoms. The van der Waals surface area contributed by atoms with Crippen LogP contribution in [0.1, 0.15) is 50.1 Å². The molecule has 1 aliphatic rings. The second-order valence-electron chi connectivity index (χ2n) is 8.36. The van der Waals surface area contributed by atoms with Gasteiger partial charge in [-0.2, -0.15) is 10.2 Å². The van der Waals surface area contributed by atoms with E-state index in [-0.39, 0.29) is 40.1 Å². The van der Waals surface area contributed by atoms with Crippen LogP contribution in [0.5, 0.6) is 0 Å². The molecule has 10 nitrogen and oxygen atoms in total. The predicted octanol–water partition coefficient (Wildman–Crippen LogP) is 3.19. The fourth-order valence-electron chi connectivity index (χ4n) is 4.63. The molecule has 0 radical (unpaired) electrons. The topological polar surface area (TPSA) is 131 Å².